The van der Waals surface area contributed by atoms with Gasteiger partial charge in [0, 0.05) is 54.8 Å². The van der Waals surface area contributed by atoms with Gasteiger partial charge in [-0.2, -0.15) is 0 Å². The molecule has 56 heavy (non-hydrogen) atoms. The first-order valence-corrected chi connectivity index (χ1v) is 18.9. The highest BCUT2D eigenvalue weighted by Gasteiger charge is 2.23. The van der Waals surface area contributed by atoms with Gasteiger partial charge in [0.1, 0.15) is 17.0 Å². The van der Waals surface area contributed by atoms with E-state index < -0.39 is 0 Å². The molecule has 0 N–H and O–H groups in total. The first-order chi connectivity index (χ1) is 27.8. The van der Waals surface area contributed by atoms with E-state index >= 15 is 0 Å². The number of rotatable bonds is 5. The molecule has 12 rings (SSSR count). The van der Waals surface area contributed by atoms with Crippen LogP contribution in [-0.2, 0) is 0 Å². The maximum Gasteiger partial charge on any atom is 0.160 e. The summed E-state index contributed by atoms with van der Waals surface area (Å²) in [6.07, 6.45) is 0. The van der Waals surface area contributed by atoms with E-state index in [0.29, 0.717) is 0 Å². The van der Waals surface area contributed by atoms with Gasteiger partial charge in [0.2, 0.25) is 0 Å². The molecule has 0 aliphatic carbocycles. The van der Waals surface area contributed by atoms with E-state index in [0.717, 1.165) is 99.7 Å². The van der Waals surface area contributed by atoms with Crippen LogP contribution >= 0.6 is 0 Å². The van der Waals surface area contributed by atoms with Crippen molar-refractivity contribution < 1.29 is 4.42 Å². The third kappa shape index (κ3) is 4.38. The lowest BCUT2D eigenvalue weighted by Gasteiger charge is -2.13. The number of aromatic nitrogens is 5. The first-order valence-electron chi connectivity index (χ1n) is 18.9. The second kappa shape index (κ2) is 11.9. The normalized spacial score (nSPS) is 11.9. The fraction of sp³-hybridized carbons (Fsp3) is 0. The van der Waals surface area contributed by atoms with Crippen molar-refractivity contribution >= 4 is 65.6 Å². The number of hydrogen-bond donors (Lipinski definition) is 0. The largest absolute Gasteiger partial charge is 0.454 e. The molecule has 0 saturated carbocycles. The van der Waals surface area contributed by atoms with Gasteiger partial charge in [-0.1, -0.05) is 139 Å². The molecule has 0 atom stereocenters. The molecule has 4 heterocycles. The number of benzene rings is 8. The van der Waals surface area contributed by atoms with Gasteiger partial charge < -0.3 is 13.6 Å². The Labute approximate surface area is 320 Å². The zero-order valence-corrected chi connectivity index (χ0v) is 30.0. The second-order valence-corrected chi connectivity index (χ2v) is 14.3. The van der Waals surface area contributed by atoms with Gasteiger partial charge in [-0.15, -0.1) is 5.10 Å². The van der Waals surface area contributed by atoms with Crippen molar-refractivity contribution in [1.82, 2.24) is 24.1 Å². The van der Waals surface area contributed by atoms with E-state index in [1.807, 2.05) is 35.0 Å². The maximum absolute atomic E-state index is 6.66. The van der Waals surface area contributed by atoms with Gasteiger partial charge in [-0.05, 0) is 54.6 Å². The summed E-state index contributed by atoms with van der Waals surface area (Å²) >= 11 is 0. The van der Waals surface area contributed by atoms with Crippen LogP contribution in [0, 0.1) is 0 Å². The SMILES string of the molecule is c1ccc(-c2nnn(-c3cccc4c3c3ccccc3n4-c3cccc(-n4c5ccccc5c5ccc6c7ccccc7oc6c54)c3)c2-c2ccccc2)cc1. The van der Waals surface area contributed by atoms with Crippen LogP contribution in [-0.4, -0.2) is 24.1 Å². The van der Waals surface area contributed by atoms with Crippen LogP contribution < -0.4 is 0 Å². The van der Waals surface area contributed by atoms with Crippen molar-refractivity contribution in [1.29, 1.82) is 0 Å². The Morgan fingerprint density at radius 1 is 0.429 bits per heavy atom. The molecule has 0 spiro atoms. The summed E-state index contributed by atoms with van der Waals surface area (Å²) in [5, 5.41) is 16.5. The molecule has 0 fully saturated rings. The topological polar surface area (TPSA) is 53.7 Å². The highest BCUT2D eigenvalue weighted by Crippen LogP contribution is 2.42. The third-order valence-electron chi connectivity index (χ3n) is 11.2. The summed E-state index contributed by atoms with van der Waals surface area (Å²) in [5.74, 6) is 0. The molecule has 0 aliphatic heterocycles. The molecule has 0 radical (unpaired) electrons. The van der Waals surface area contributed by atoms with Gasteiger partial charge in [-0.25, -0.2) is 4.68 Å². The lowest BCUT2D eigenvalue weighted by Crippen LogP contribution is -2.01. The molecule has 0 bridgehead atoms. The highest BCUT2D eigenvalue weighted by molar-refractivity contribution is 6.21. The zero-order chi connectivity index (χ0) is 36.7. The average Bonchev–Trinajstić information content (AvgIpc) is 4.04. The van der Waals surface area contributed by atoms with Crippen molar-refractivity contribution in [3.8, 4) is 39.6 Å². The van der Waals surface area contributed by atoms with Gasteiger partial charge >= 0.3 is 0 Å². The predicted molar refractivity (Wildman–Crippen MR) is 228 cm³/mol. The highest BCUT2D eigenvalue weighted by atomic mass is 16.3. The summed E-state index contributed by atoms with van der Waals surface area (Å²) in [5.41, 5.74) is 13.1. The van der Waals surface area contributed by atoms with Crippen LogP contribution in [0.25, 0.3) is 105 Å². The molecule has 262 valence electrons. The summed E-state index contributed by atoms with van der Waals surface area (Å²) in [6, 6.07) is 66.1. The Bertz CT molecular complexity index is 3480. The number of fused-ring (bicyclic) bond motifs is 10. The van der Waals surface area contributed by atoms with Crippen LogP contribution in [0.3, 0.4) is 0 Å². The zero-order valence-electron chi connectivity index (χ0n) is 30.0. The lowest BCUT2D eigenvalue weighted by atomic mass is 10.0. The van der Waals surface area contributed by atoms with E-state index in [9.17, 15) is 0 Å². The molecule has 6 heteroatoms. The first kappa shape index (κ1) is 30.7. The van der Waals surface area contributed by atoms with Crippen molar-refractivity contribution in [3.63, 3.8) is 0 Å². The monoisotopic (exact) mass is 717 g/mol. The van der Waals surface area contributed by atoms with Gasteiger partial charge in [0.05, 0.1) is 27.8 Å². The molecule has 0 unspecified atom stereocenters. The van der Waals surface area contributed by atoms with Crippen LogP contribution in [0.1, 0.15) is 0 Å². The molecule has 8 aromatic carbocycles. The third-order valence-corrected chi connectivity index (χ3v) is 11.2. The number of nitrogens with zero attached hydrogens (tertiary/aromatic N) is 5. The lowest BCUT2D eigenvalue weighted by molar-refractivity contribution is 0.671. The van der Waals surface area contributed by atoms with E-state index in [1.54, 1.807) is 0 Å². The molecular weight excluding hydrogens is 687 g/mol. The Kier molecular flexibility index (Phi) is 6.53. The average molecular weight is 718 g/mol. The summed E-state index contributed by atoms with van der Waals surface area (Å²) in [4.78, 5) is 0. The Morgan fingerprint density at radius 3 is 1.84 bits per heavy atom. The van der Waals surface area contributed by atoms with Crippen molar-refractivity contribution in [2.24, 2.45) is 0 Å². The molecule has 0 saturated heterocycles. The van der Waals surface area contributed by atoms with Crippen LogP contribution in [0.2, 0.25) is 0 Å². The quantitative estimate of drug-likeness (QED) is 0.178. The molecule has 0 aliphatic rings. The molecule has 4 aromatic heterocycles. The smallest absolute Gasteiger partial charge is 0.160 e. The summed E-state index contributed by atoms with van der Waals surface area (Å²) < 4.78 is 13.4. The van der Waals surface area contributed by atoms with Gasteiger partial charge in [-0.3, -0.25) is 0 Å². The van der Waals surface area contributed by atoms with Crippen molar-refractivity contribution in [2.75, 3.05) is 0 Å². The minimum atomic E-state index is 0.843. The van der Waals surface area contributed by atoms with Gasteiger partial charge in [0.15, 0.2) is 5.58 Å². The fourth-order valence-corrected chi connectivity index (χ4v) is 8.82. The van der Waals surface area contributed by atoms with Crippen molar-refractivity contribution in [2.45, 2.75) is 0 Å². The minimum Gasteiger partial charge on any atom is -0.454 e. The summed E-state index contributed by atoms with van der Waals surface area (Å²) in [6.45, 7) is 0. The number of furan rings is 1. The second-order valence-electron chi connectivity index (χ2n) is 14.3. The Hall–Kier alpha value is -7.70. The number of para-hydroxylation sites is 3. The Balaban J connectivity index is 1.11. The predicted octanol–water partition coefficient (Wildman–Crippen LogP) is 12.7. The standard InChI is InChI=1S/C50H31N5O/c1-3-15-32(16-4-1)47-48(33-17-5-2-6-18-33)55(52-51-47)44-27-14-26-43-46(44)40-23-8-11-25-42(40)53(43)34-19-13-20-35(31-34)54-41-24-10-7-21-36(41)38-29-30-39-37-22-9-12-28-45(37)56-50(39)49(38)54/h1-31H. The number of hydrogen-bond acceptors (Lipinski definition) is 3. The van der Waals surface area contributed by atoms with Gasteiger partial charge in [0.25, 0.3) is 0 Å². The fourth-order valence-electron chi connectivity index (χ4n) is 8.82. The molecular formula is C50H31N5O. The molecule has 0 amide bonds. The van der Waals surface area contributed by atoms with Crippen LogP contribution in [0.5, 0.6) is 0 Å². The summed E-state index contributed by atoms with van der Waals surface area (Å²) in [7, 11) is 0. The van der Waals surface area contributed by atoms with E-state index in [1.165, 1.54) is 5.39 Å². The minimum absolute atomic E-state index is 0.843. The van der Waals surface area contributed by atoms with E-state index in [2.05, 4.69) is 167 Å². The van der Waals surface area contributed by atoms with E-state index in [4.69, 9.17) is 14.7 Å². The molecule has 12 aromatic rings. The molecule has 6 nitrogen and oxygen atoms in total. The van der Waals surface area contributed by atoms with Crippen molar-refractivity contribution in [3.05, 3.63) is 188 Å². The Morgan fingerprint density at radius 2 is 1.04 bits per heavy atom. The van der Waals surface area contributed by atoms with E-state index in [-0.39, 0.29) is 0 Å². The van der Waals surface area contributed by atoms with Crippen LogP contribution in [0.4, 0.5) is 0 Å². The van der Waals surface area contributed by atoms with Crippen LogP contribution in [0.15, 0.2) is 192 Å². The maximum atomic E-state index is 6.66.